The summed E-state index contributed by atoms with van der Waals surface area (Å²) in [6.45, 7) is 1.22. The third-order valence-corrected chi connectivity index (χ3v) is 4.74. The van der Waals surface area contributed by atoms with Gasteiger partial charge in [0.2, 0.25) is 11.8 Å². The van der Waals surface area contributed by atoms with Crippen molar-refractivity contribution in [2.45, 2.75) is 38.1 Å². The van der Waals surface area contributed by atoms with Gasteiger partial charge in [0.15, 0.2) is 5.78 Å². The lowest BCUT2D eigenvalue weighted by Crippen LogP contribution is -2.56. The summed E-state index contributed by atoms with van der Waals surface area (Å²) in [4.78, 5) is 37.8. The average molecular weight is 337 g/mol. The third kappa shape index (κ3) is 3.39. The zero-order valence-corrected chi connectivity index (χ0v) is 14.2. The molecule has 1 aliphatic rings. The van der Waals surface area contributed by atoms with Gasteiger partial charge in [-0.05, 0) is 25.3 Å². The smallest absolute Gasteiger partial charge is 0.242 e. The van der Waals surface area contributed by atoms with Gasteiger partial charge in [-0.1, -0.05) is 29.8 Å². The molecule has 6 heteroatoms. The maximum absolute atomic E-state index is 12.8. The number of nitrogens with zero attached hydrogens (tertiary/aromatic N) is 1. The normalized spacial score (nSPS) is 20.9. The molecule has 1 aliphatic carbocycles. The Bertz CT molecular complexity index is 632. The molecular formula is C17H21ClN2O3. The summed E-state index contributed by atoms with van der Waals surface area (Å²) in [5, 5.41) is 2.96. The summed E-state index contributed by atoms with van der Waals surface area (Å²) < 4.78 is 0. The fourth-order valence-electron chi connectivity index (χ4n) is 3.16. The van der Waals surface area contributed by atoms with Crippen molar-refractivity contribution < 1.29 is 14.4 Å². The number of carbonyl (C=O) groups is 3. The Balaban J connectivity index is 2.42. The summed E-state index contributed by atoms with van der Waals surface area (Å²) in [6, 6.07) is 7.14. The molecule has 2 rings (SSSR count). The first-order valence-electron chi connectivity index (χ1n) is 7.69. The molecule has 23 heavy (non-hydrogen) atoms. The van der Waals surface area contributed by atoms with Crippen molar-refractivity contribution in [1.82, 2.24) is 10.2 Å². The monoisotopic (exact) mass is 336 g/mol. The van der Waals surface area contributed by atoms with Crippen molar-refractivity contribution in [2.24, 2.45) is 0 Å². The molecule has 5 nitrogen and oxygen atoms in total. The lowest BCUT2D eigenvalue weighted by Gasteiger charge is -2.44. The zero-order valence-electron chi connectivity index (χ0n) is 13.4. The Morgan fingerprint density at radius 2 is 2.00 bits per heavy atom. The highest BCUT2D eigenvalue weighted by atomic mass is 35.5. The second-order valence-corrected chi connectivity index (χ2v) is 6.24. The molecule has 0 radical (unpaired) electrons. The van der Waals surface area contributed by atoms with E-state index in [-0.39, 0.29) is 24.1 Å². The number of rotatable bonds is 4. The molecule has 1 saturated carbocycles. The molecule has 0 spiro atoms. The number of carbonyl (C=O) groups excluding carboxylic acids is 3. The van der Waals surface area contributed by atoms with Crippen LogP contribution in [0.25, 0.3) is 0 Å². The van der Waals surface area contributed by atoms with Crippen LogP contribution < -0.4 is 5.32 Å². The van der Waals surface area contributed by atoms with Crippen LogP contribution in [0.5, 0.6) is 0 Å². The molecule has 1 aromatic rings. The number of hydrogen-bond acceptors (Lipinski definition) is 3. The Kier molecular flexibility index (Phi) is 5.42. The molecule has 124 valence electrons. The molecule has 0 heterocycles. The van der Waals surface area contributed by atoms with E-state index in [4.69, 9.17) is 11.6 Å². The predicted octanol–water partition coefficient (Wildman–Crippen LogP) is 2.27. The van der Waals surface area contributed by atoms with Crippen molar-refractivity contribution in [3.05, 3.63) is 34.9 Å². The lowest BCUT2D eigenvalue weighted by molar-refractivity contribution is -0.147. The summed E-state index contributed by atoms with van der Waals surface area (Å²) in [5.41, 5.74) is -0.392. The average Bonchev–Trinajstić information content (AvgIpc) is 2.53. The minimum absolute atomic E-state index is 0.00414. The van der Waals surface area contributed by atoms with Crippen molar-refractivity contribution in [3.8, 4) is 0 Å². The third-order valence-electron chi connectivity index (χ3n) is 4.41. The van der Waals surface area contributed by atoms with Gasteiger partial charge in [-0.25, -0.2) is 0 Å². The highest BCUT2D eigenvalue weighted by Gasteiger charge is 2.47. The molecule has 1 unspecified atom stereocenters. The fourth-order valence-corrected chi connectivity index (χ4v) is 3.45. The number of nitrogens with one attached hydrogen (secondary N) is 1. The van der Waals surface area contributed by atoms with E-state index in [0.717, 1.165) is 12.8 Å². The van der Waals surface area contributed by atoms with Crippen LogP contribution in [0.15, 0.2) is 24.3 Å². The van der Waals surface area contributed by atoms with Gasteiger partial charge in [0.1, 0.15) is 5.54 Å². The van der Waals surface area contributed by atoms with E-state index < -0.39 is 5.54 Å². The first kappa shape index (κ1) is 17.5. The van der Waals surface area contributed by atoms with Crippen LogP contribution >= 0.6 is 11.6 Å². The summed E-state index contributed by atoms with van der Waals surface area (Å²) in [7, 11) is 1.61. The van der Waals surface area contributed by atoms with Crippen molar-refractivity contribution in [2.75, 3.05) is 13.6 Å². The number of halogens is 1. The van der Waals surface area contributed by atoms with Crippen molar-refractivity contribution in [1.29, 1.82) is 0 Å². The largest absolute Gasteiger partial charge is 0.347 e. The second-order valence-electron chi connectivity index (χ2n) is 5.83. The van der Waals surface area contributed by atoms with E-state index in [9.17, 15) is 14.4 Å². The van der Waals surface area contributed by atoms with Gasteiger partial charge < -0.3 is 10.2 Å². The molecule has 0 bridgehead atoms. The predicted molar refractivity (Wildman–Crippen MR) is 88.1 cm³/mol. The number of amides is 2. The van der Waals surface area contributed by atoms with Crippen molar-refractivity contribution >= 4 is 29.2 Å². The standard InChI is InChI=1S/C17H21ClN2O3/c1-12(21)19-11-16(23)20(2)17(10-6-5-9-15(17)22)13-7-3-4-8-14(13)18/h3-4,7-8H,5-6,9-11H2,1-2H3,(H,19,21). The quantitative estimate of drug-likeness (QED) is 0.917. The highest BCUT2D eigenvalue weighted by Crippen LogP contribution is 2.42. The van der Waals surface area contributed by atoms with Gasteiger partial charge in [-0.3, -0.25) is 14.4 Å². The van der Waals surface area contributed by atoms with Gasteiger partial charge in [0, 0.05) is 31.0 Å². The second kappa shape index (κ2) is 7.13. The van der Waals surface area contributed by atoms with Gasteiger partial charge in [-0.2, -0.15) is 0 Å². The zero-order chi connectivity index (χ0) is 17.0. The Morgan fingerprint density at radius 3 is 2.61 bits per heavy atom. The van der Waals surface area contributed by atoms with Crippen molar-refractivity contribution in [3.63, 3.8) is 0 Å². The molecule has 1 N–H and O–H groups in total. The summed E-state index contributed by atoms with van der Waals surface area (Å²) in [6.07, 6.45) is 2.62. The van der Waals surface area contributed by atoms with Gasteiger partial charge in [0.25, 0.3) is 0 Å². The summed E-state index contributed by atoms with van der Waals surface area (Å²) >= 11 is 6.33. The highest BCUT2D eigenvalue weighted by molar-refractivity contribution is 6.31. The van der Waals surface area contributed by atoms with Crippen LogP contribution in [0.4, 0.5) is 0 Å². The molecule has 2 amide bonds. The van der Waals surface area contributed by atoms with Crippen LogP contribution in [0.2, 0.25) is 5.02 Å². The van der Waals surface area contributed by atoms with Gasteiger partial charge in [-0.15, -0.1) is 0 Å². The molecular weight excluding hydrogens is 316 g/mol. The maximum Gasteiger partial charge on any atom is 0.242 e. The Hall–Kier alpha value is -1.88. The van der Waals surface area contributed by atoms with E-state index in [1.807, 2.05) is 6.07 Å². The van der Waals surface area contributed by atoms with Crippen LogP contribution in [-0.4, -0.2) is 36.1 Å². The number of likely N-dealkylation sites (N-methyl/N-ethyl adjacent to an activating group) is 1. The van der Waals surface area contributed by atoms with Crippen LogP contribution in [0.3, 0.4) is 0 Å². The molecule has 1 fully saturated rings. The lowest BCUT2D eigenvalue weighted by atomic mass is 9.74. The van der Waals surface area contributed by atoms with E-state index in [0.29, 0.717) is 23.4 Å². The van der Waals surface area contributed by atoms with E-state index in [1.165, 1.54) is 11.8 Å². The molecule has 0 aromatic heterocycles. The number of benzene rings is 1. The molecule has 1 atom stereocenters. The summed E-state index contributed by atoms with van der Waals surface area (Å²) in [5.74, 6) is -0.598. The molecule has 0 saturated heterocycles. The first-order valence-corrected chi connectivity index (χ1v) is 8.07. The number of hydrogen-bond donors (Lipinski definition) is 1. The number of Topliss-reactive ketones (excluding diaryl/α,β-unsaturated/α-hetero) is 1. The van der Waals surface area contributed by atoms with E-state index in [2.05, 4.69) is 5.32 Å². The maximum atomic E-state index is 12.8. The number of ketones is 1. The Labute approximate surface area is 141 Å². The molecule has 0 aliphatic heterocycles. The van der Waals surface area contributed by atoms with Gasteiger partial charge in [0.05, 0.1) is 6.54 Å². The Morgan fingerprint density at radius 1 is 1.30 bits per heavy atom. The van der Waals surface area contributed by atoms with Gasteiger partial charge >= 0.3 is 0 Å². The van der Waals surface area contributed by atoms with E-state index in [1.54, 1.807) is 25.2 Å². The van der Waals surface area contributed by atoms with Crippen LogP contribution in [0.1, 0.15) is 38.2 Å². The first-order chi connectivity index (χ1) is 10.9. The van der Waals surface area contributed by atoms with Crippen LogP contribution in [-0.2, 0) is 19.9 Å². The fraction of sp³-hybridized carbons (Fsp3) is 0.471. The minimum Gasteiger partial charge on any atom is -0.347 e. The van der Waals surface area contributed by atoms with Crippen LogP contribution in [0, 0.1) is 0 Å². The minimum atomic E-state index is -1.05. The van der Waals surface area contributed by atoms with E-state index >= 15 is 0 Å². The molecule has 1 aromatic carbocycles. The SMILES string of the molecule is CC(=O)NCC(=O)N(C)C1(c2ccccc2Cl)CCCCC1=O. The topological polar surface area (TPSA) is 66.5 Å².